The average Bonchev–Trinajstić information content (AvgIpc) is 2.61. The van der Waals surface area contributed by atoms with Gasteiger partial charge in [0.05, 0.1) is 37.6 Å². The summed E-state index contributed by atoms with van der Waals surface area (Å²) >= 11 is 0. The van der Waals surface area contributed by atoms with Crippen molar-refractivity contribution in [2.24, 2.45) is 10.2 Å². The molecule has 2 aromatic rings. The van der Waals surface area contributed by atoms with Gasteiger partial charge in [0.1, 0.15) is 0 Å². The number of rotatable bonds is 5. The molecule has 0 aliphatic carbocycles. The number of azo groups is 1. The first-order valence-corrected chi connectivity index (χ1v) is 6.87. The number of nitrogens with zero attached hydrogens (tertiary/aromatic N) is 2. The van der Waals surface area contributed by atoms with Gasteiger partial charge in [-0.2, -0.15) is 10.2 Å². The zero-order valence-electron chi connectivity index (χ0n) is 12.9. The Kier molecular flexibility index (Phi) is 5.57. The molecule has 0 unspecified atom stereocenters. The van der Waals surface area contributed by atoms with Crippen molar-refractivity contribution in [2.45, 2.75) is 6.54 Å². The van der Waals surface area contributed by atoms with Gasteiger partial charge in [-0.25, -0.2) is 9.59 Å². The second-order valence-corrected chi connectivity index (χ2v) is 4.63. The van der Waals surface area contributed by atoms with E-state index in [4.69, 9.17) is 0 Å². The number of esters is 2. The summed E-state index contributed by atoms with van der Waals surface area (Å²) in [7, 11) is 2.68. The minimum Gasteiger partial charge on any atom is -0.465 e. The highest BCUT2D eigenvalue weighted by Gasteiger charge is 2.05. The lowest BCUT2D eigenvalue weighted by Crippen LogP contribution is -2.00. The molecule has 118 valence electrons. The van der Waals surface area contributed by atoms with Crippen LogP contribution in [-0.2, 0) is 16.0 Å². The van der Waals surface area contributed by atoms with Crippen molar-refractivity contribution in [3.8, 4) is 0 Å². The van der Waals surface area contributed by atoms with Crippen LogP contribution in [0.25, 0.3) is 0 Å². The van der Waals surface area contributed by atoms with Crippen LogP contribution < -0.4 is 0 Å². The van der Waals surface area contributed by atoms with Gasteiger partial charge < -0.3 is 9.47 Å². The lowest BCUT2D eigenvalue weighted by molar-refractivity contribution is 0.0592. The molecule has 0 N–H and O–H groups in total. The lowest BCUT2D eigenvalue weighted by Gasteiger charge is -2.00. The molecule has 6 heteroatoms. The molecule has 0 aromatic heterocycles. The first-order valence-electron chi connectivity index (χ1n) is 6.87. The van der Waals surface area contributed by atoms with Gasteiger partial charge in [0.15, 0.2) is 0 Å². The van der Waals surface area contributed by atoms with Crippen molar-refractivity contribution in [1.29, 1.82) is 0 Å². The fraction of sp³-hybridized carbons (Fsp3) is 0.176. The molecule has 0 fully saturated rings. The van der Waals surface area contributed by atoms with Gasteiger partial charge in [-0.3, -0.25) is 0 Å². The van der Waals surface area contributed by atoms with Gasteiger partial charge in [0.2, 0.25) is 0 Å². The molecule has 0 spiro atoms. The standard InChI is InChI=1S/C17H16N2O4/c1-22-16(20)13-5-3-12(4-6-13)11-18-19-15-9-7-14(8-10-15)17(21)23-2/h3-10H,11H2,1-2H3. The third-order valence-electron chi connectivity index (χ3n) is 3.10. The molecule has 0 bridgehead atoms. The van der Waals surface area contributed by atoms with E-state index in [1.807, 2.05) is 0 Å². The first kappa shape index (κ1) is 16.4. The molecule has 0 aliphatic heterocycles. The topological polar surface area (TPSA) is 77.3 Å². The SMILES string of the molecule is COC(=O)c1ccc(CN=Nc2ccc(C(=O)OC)cc2)cc1. The highest BCUT2D eigenvalue weighted by molar-refractivity contribution is 5.89. The number of hydrogen-bond acceptors (Lipinski definition) is 6. The Morgan fingerprint density at radius 2 is 1.30 bits per heavy atom. The molecule has 2 rings (SSSR count). The van der Waals surface area contributed by atoms with Crippen molar-refractivity contribution in [2.75, 3.05) is 14.2 Å². The van der Waals surface area contributed by atoms with E-state index in [1.165, 1.54) is 14.2 Å². The van der Waals surface area contributed by atoms with Crippen LogP contribution in [0.4, 0.5) is 5.69 Å². The van der Waals surface area contributed by atoms with Gasteiger partial charge >= 0.3 is 11.9 Å². The van der Waals surface area contributed by atoms with E-state index in [1.54, 1.807) is 48.5 Å². The third-order valence-corrected chi connectivity index (χ3v) is 3.10. The van der Waals surface area contributed by atoms with Crippen LogP contribution in [0.1, 0.15) is 26.3 Å². The minimum absolute atomic E-state index is 0.371. The van der Waals surface area contributed by atoms with Gasteiger partial charge in [0.25, 0.3) is 0 Å². The molecule has 0 radical (unpaired) electrons. The number of carbonyl (C=O) groups is 2. The third kappa shape index (κ3) is 4.47. The second kappa shape index (κ2) is 7.84. The summed E-state index contributed by atoms with van der Waals surface area (Å²) in [6.45, 7) is 0.389. The smallest absolute Gasteiger partial charge is 0.337 e. The van der Waals surface area contributed by atoms with E-state index in [2.05, 4.69) is 19.7 Å². The quantitative estimate of drug-likeness (QED) is 0.625. The molecule has 0 saturated carbocycles. The molecular weight excluding hydrogens is 296 g/mol. The normalized spacial score (nSPS) is 10.5. The van der Waals surface area contributed by atoms with Crippen LogP contribution in [-0.4, -0.2) is 26.2 Å². The Balaban J connectivity index is 1.96. The van der Waals surface area contributed by atoms with E-state index < -0.39 is 0 Å². The summed E-state index contributed by atoms with van der Waals surface area (Å²) in [6.07, 6.45) is 0. The molecular formula is C17H16N2O4. The molecule has 6 nitrogen and oxygen atoms in total. The number of ether oxygens (including phenoxy) is 2. The van der Waals surface area contributed by atoms with Crippen LogP contribution in [0.15, 0.2) is 58.8 Å². The highest BCUT2D eigenvalue weighted by atomic mass is 16.5. The summed E-state index contributed by atoms with van der Waals surface area (Å²) in [5.74, 6) is -0.761. The Labute approximate surface area is 133 Å². The Morgan fingerprint density at radius 1 is 0.826 bits per heavy atom. The minimum atomic E-state index is -0.390. The zero-order chi connectivity index (χ0) is 16.7. The fourth-order valence-corrected chi connectivity index (χ4v) is 1.84. The molecule has 0 aliphatic rings. The number of benzene rings is 2. The van der Waals surface area contributed by atoms with E-state index >= 15 is 0 Å². The molecule has 0 saturated heterocycles. The van der Waals surface area contributed by atoms with E-state index in [0.717, 1.165) is 5.56 Å². The maximum atomic E-state index is 11.3. The number of carbonyl (C=O) groups excluding carboxylic acids is 2. The van der Waals surface area contributed by atoms with Crippen molar-refractivity contribution in [3.63, 3.8) is 0 Å². The fourth-order valence-electron chi connectivity index (χ4n) is 1.84. The molecule has 23 heavy (non-hydrogen) atoms. The van der Waals surface area contributed by atoms with Gasteiger partial charge in [-0.05, 0) is 42.0 Å². The monoisotopic (exact) mass is 312 g/mol. The summed E-state index contributed by atoms with van der Waals surface area (Å²) in [5, 5.41) is 8.18. The highest BCUT2D eigenvalue weighted by Crippen LogP contribution is 2.15. The van der Waals surface area contributed by atoms with Crippen LogP contribution >= 0.6 is 0 Å². The maximum absolute atomic E-state index is 11.3. The van der Waals surface area contributed by atoms with Crippen LogP contribution in [0.3, 0.4) is 0 Å². The Morgan fingerprint density at radius 3 is 1.78 bits per heavy atom. The number of methoxy groups -OCH3 is 2. The average molecular weight is 312 g/mol. The van der Waals surface area contributed by atoms with E-state index in [-0.39, 0.29) is 11.9 Å². The van der Waals surface area contributed by atoms with E-state index in [0.29, 0.717) is 23.4 Å². The lowest BCUT2D eigenvalue weighted by atomic mass is 10.1. The summed E-state index contributed by atoms with van der Waals surface area (Å²) < 4.78 is 9.26. The largest absolute Gasteiger partial charge is 0.465 e. The predicted molar refractivity (Wildman–Crippen MR) is 83.8 cm³/mol. The Bertz CT molecular complexity index is 706. The van der Waals surface area contributed by atoms with Crippen molar-refractivity contribution >= 4 is 17.6 Å². The summed E-state index contributed by atoms with van der Waals surface area (Å²) in [5.41, 5.74) is 2.52. The van der Waals surface area contributed by atoms with Gasteiger partial charge in [0, 0.05) is 0 Å². The molecule has 0 atom stereocenters. The summed E-state index contributed by atoms with van der Waals surface area (Å²) in [6, 6.07) is 13.6. The van der Waals surface area contributed by atoms with Crippen molar-refractivity contribution in [1.82, 2.24) is 0 Å². The van der Waals surface area contributed by atoms with Crippen molar-refractivity contribution < 1.29 is 19.1 Å². The molecule has 0 heterocycles. The zero-order valence-corrected chi connectivity index (χ0v) is 12.9. The predicted octanol–water partition coefficient (Wildman–Crippen LogP) is 3.54. The number of hydrogen-bond donors (Lipinski definition) is 0. The first-order chi connectivity index (χ1) is 11.1. The van der Waals surface area contributed by atoms with Crippen LogP contribution in [0.5, 0.6) is 0 Å². The molecule has 2 aromatic carbocycles. The van der Waals surface area contributed by atoms with E-state index in [9.17, 15) is 9.59 Å². The Hall–Kier alpha value is -3.02. The van der Waals surface area contributed by atoms with Crippen molar-refractivity contribution in [3.05, 3.63) is 65.2 Å². The molecule has 0 amide bonds. The van der Waals surface area contributed by atoms with Crippen LogP contribution in [0, 0.1) is 0 Å². The second-order valence-electron chi connectivity index (χ2n) is 4.63. The summed E-state index contributed by atoms with van der Waals surface area (Å²) in [4.78, 5) is 22.6. The van der Waals surface area contributed by atoms with Gasteiger partial charge in [-0.1, -0.05) is 12.1 Å². The van der Waals surface area contributed by atoms with Gasteiger partial charge in [-0.15, -0.1) is 0 Å². The van der Waals surface area contributed by atoms with Crippen LogP contribution in [0.2, 0.25) is 0 Å². The maximum Gasteiger partial charge on any atom is 0.337 e.